The van der Waals surface area contributed by atoms with E-state index in [1.807, 2.05) is 24.3 Å². The van der Waals surface area contributed by atoms with Crippen LogP contribution < -0.4 is 0 Å². The monoisotopic (exact) mass is 243 g/mol. The van der Waals surface area contributed by atoms with Gasteiger partial charge in [0.1, 0.15) is 0 Å². The molecule has 0 aromatic heterocycles. The van der Waals surface area contributed by atoms with Gasteiger partial charge in [-0.1, -0.05) is 54.1 Å². The molecular formula is C18H13N. The highest BCUT2D eigenvalue weighted by molar-refractivity contribution is 5.88. The Morgan fingerprint density at radius 2 is 1.58 bits per heavy atom. The molecule has 0 saturated carbocycles. The molecule has 0 amide bonds. The van der Waals surface area contributed by atoms with Crippen LogP contribution in [0.25, 0.3) is 21.9 Å². The van der Waals surface area contributed by atoms with Crippen LogP contribution in [0.2, 0.25) is 0 Å². The van der Waals surface area contributed by atoms with Gasteiger partial charge in [0.05, 0.1) is 11.6 Å². The topological polar surface area (TPSA) is 23.8 Å². The van der Waals surface area contributed by atoms with Crippen molar-refractivity contribution in [1.29, 1.82) is 5.26 Å². The van der Waals surface area contributed by atoms with Gasteiger partial charge in [-0.2, -0.15) is 5.26 Å². The highest BCUT2D eigenvalue weighted by atomic mass is 14.2. The third-order valence-corrected chi connectivity index (χ3v) is 3.35. The Balaban J connectivity index is 2.21. The summed E-state index contributed by atoms with van der Waals surface area (Å²) < 4.78 is 0. The van der Waals surface area contributed by atoms with Crippen molar-refractivity contribution in [1.82, 2.24) is 0 Å². The zero-order valence-corrected chi connectivity index (χ0v) is 10.7. The van der Waals surface area contributed by atoms with Crippen molar-refractivity contribution < 1.29 is 0 Å². The fraction of sp³-hybridized carbons (Fsp3) is 0.0556. The SMILES string of the molecule is Cc1ccc2cc(-c3ccccc3C#N)ccc2c1. The van der Waals surface area contributed by atoms with Crippen LogP contribution >= 0.6 is 0 Å². The van der Waals surface area contributed by atoms with E-state index < -0.39 is 0 Å². The second kappa shape index (κ2) is 4.59. The molecule has 0 heterocycles. The summed E-state index contributed by atoms with van der Waals surface area (Å²) in [4.78, 5) is 0. The normalized spacial score (nSPS) is 10.3. The first kappa shape index (κ1) is 11.5. The van der Waals surface area contributed by atoms with Crippen LogP contribution in [0.3, 0.4) is 0 Å². The summed E-state index contributed by atoms with van der Waals surface area (Å²) in [5, 5.41) is 11.6. The van der Waals surface area contributed by atoms with Gasteiger partial charge < -0.3 is 0 Å². The van der Waals surface area contributed by atoms with Crippen LogP contribution in [0.4, 0.5) is 0 Å². The smallest absolute Gasteiger partial charge is 0.0998 e. The summed E-state index contributed by atoms with van der Waals surface area (Å²) in [7, 11) is 0. The molecule has 1 heteroatoms. The minimum atomic E-state index is 0.717. The van der Waals surface area contributed by atoms with Crippen molar-refractivity contribution in [2.75, 3.05) is 0 Å². The number of aryl methyl sites for hydroxylation is 1. The van der Waals surface area contributed by atoms with E-state index in [-0.39, 0.29) is 0 Å². The van der Waals surface area contributed by atoms with Gasteiger partial charge in [0.15, 0.2) is 0 Å². The number of rotatable bonds is 1. The summed E-state index contributed by atoms with van der Waals surface area (Å²) in [6.07, 6.45) is 0. The first-order valence-electron chi connectivity index (χ1n) is 6.28. The molecule has 0 radical (unpaired) electrons. The summed E-state index contributed by atoms with van der Waals surface area (Å²) in [6.45, 7) is 2.10. The van der Waals surface area contributed by atoms with E-state index >= 15 is 0 Å². The second-order valence-corrected chi connectivity index (χ2v) is 4.72. The lowest BCUT2D eigenvalue weighted by Gasteiger charge is -2.06. The third-order valence-electron chi connectivity index (χ3n) is 3.35. The van der Waals surface area contributed by atoms with Gasteiger partial charge in [0, 0.05) is 0 Å². The number of nitrogens with zero attached hydrogens (tertiary/aromatic N) is 1. The highest BCUT2D eigenvalue weighted by Crippen LogP contribution is 2.27. The summed E-state index contributed by atoms with van der Waals surface area (Å²) in [5.41, 5.74) is 4.06. The molecule has 3 aromatic carbocycles. The first-order valence-corrected chi connectivity index (χ1v) is 6.28. The molecule has 1 nitrogen and oxygen atoms in total. The number of nitriles is 1. The molecule has 0 aliphatic carbocycles. The second-order valence-electron chi connectivity index (χ2n) is 4.72. The Morgan fingerprint density at radius 3 is 2.42 bits per heavy atom. The molecule has 0 fully saturated rings. The van der Waals surface area contributed by atoms with Crippen LogP contribution in [-0.4, -0.2) is 0 Å². The number of fused-ring (bicyclic) bond motifs is 1. The van der Waals surface area contributed by atoms with Crippen molar-refractivity contribution in [3.05, 3.63) is 71.8 Å². The molecule has 0 spiro atoms. The Hall–Kier alpha value is -2.59. The molecule has 0 atom stereocenters. The summed E-state index contributed by atoms with van der Waals surface area (Å²) >= 11 is 0. The average Bonchev–Trinajstić information content (AvgIpc) is 2.46. The van der Waals surface area contributed by atoms with Crippen molar-refractivity contribution in [3.8, 4) is 17.2 Å². The fourth-order valence-corrected chi connectivity index (χ4v) is 2.37. The van der Waals surface area contributed by atoms with Crippen LogP contribution in [-0.2, 0) is 0 Å². The van der Waals surface area contributed by atoms with Gasteiger partial charge >= 0.3 is 0 Å². The van der Waals surface area contributed by atoms with E-state index in [1.165, 1.54) is 16.3 Å². The molecule has 0 aliphatic rings. The molecule has 0 unspecified atom stereocenters. The van der Waals surface area contributed by atoms with E-state index in [1.54, 1.807) is 0 Å². The summed E-state index contributed by atoms with van der Waals surface area (Å²) in [6, 6.07) is 22.7. The van der Waals surface area contributed by atoms with Crippen molar-refractivity contribution in [2.45, 2.75) is 6.92 Å². The molecular weight excluding hydrogens is 230 g/mol. The highest BCUT2D eigenvalue weighted by Gasteiger charge is 2.04. The van der Waals surface area contributed by atoms with Crippen LogP contribution in [0.1, 0.15) is 11.1 Å². The molecule has 0 N–H and O–H groups in total. The standard InChI is InChI=1S/C18H13N/c1-13-6-7-15-11-16(9-8-14(15)10-13)18-5-3-2-4-17(18)12-19/h2-11H,1H3. The largest absolute Gasteiger partial charge is 0.192 e. The van der Waals surface area contributed by atoms with Crippen molar-refractivity contribution in [2.24, 2.45) is 0 Å². The minimum Gasteiger partial charge on any atom is -0.192 e. The lowest BCUT2D eigenvalue weighted by atomic mass is 9.97. The van der Waals surface area contributed by atoms with E-state index in [0.717, 1.165) is 11.1 Å². The Labute approximate surface area is 112 Å². The van der Waals surface area contributed by atoms with Crippen LogP contribution in [0, 0.1) is 18.3 Å². The molecule has 3 aromatic rings. The van der Waals surface area contributed by atoms with Gasteiger partial charge in [0.25, 0.3) is 0 Å². The van der Waals surface area contributed by atoms with Gasteiger partial charge in [-0.05, 0) is 41.0 Å². The minimum absolute atomic E-state index is 0.717. The van der Waals surface area contributed by atoms with Gasteiger partial charge in [0.2, 0.25) is 0 Å². The van der Waals surface area contributed by atoms with E-state index in [0.29, 0.717) is 5.56 Å². The van der Waals surface area contributed by atoms with E-state index in [2.05, 4.69) is 49.4 Å². The average molecular weight is 243 g/mol. The van der Waals surface area contributed by atoms with Gasteiger partial charge in [-0.15, -0.1) is 0 Å². The fourth-order valence-electron chi connectivity index (χ4n) is 2.37. The Morgan fingerprint density at radius 1 is 0.842 bits per heavy atom. The predicted octanol–water partition coefficient (Wildman–Crippen LogP) is 4.69. The van der Waals surface area contributed by atoms with E-state index in [4.69, 9.17) is 0 Å². The maximum absolute atomic E-state index is 9.18. The lowest BCUT2D eigenvalue weighted by Crippen LogP contribution is -1.84. The number of hydrogen-bond acceptors (Lipinski definition) is 1. The predicted molar refractivity (Wildman–Crippen MR) is 78.8 cm³/mol. The molecule has 90 valence electrons. The van der Waals surface area contributed by atoms with Crippen LogP contribution in [0.5, 0.6) is 0 Å². The van der Waals surface area contributed by atoms with Gasteiger partial charge in [-0.3, -0.25) is 0 Å². The van der Waals surface area contributed by atoms with Gasteiger partial charge in [-0.25, -0.2) is 0 Å². The Kier molecular flexibility index (Phi) is 2.78. The molecule has 3 rings (SSSR count). The Bertz CT molecular complexity index is 794. The quantitative estimate of drug-likeness (QED) is 0.608. The van der Waals surface area contributed by atoms with Crippen molar-refractivity contribution in [3.63, 3.8) is 0 Å². The maximum atomic E-state index is 9.18. The van der Waals surface area contributed by atoms with Crippen LogP contribution in [0.15, 0.2) is 60.7 Å². The zero-order chi connectivity index (χ0) is 13.2. The van der Waals surface area contributed by atoms with E-state index in [9.17, 15) is 5.26 Å². The maximum Gasteiger partial charge on any atom is 0.0998 e. The number of hydrogen-bond donors (Lipinski definition) is 0. The molecule has 0 aliphatic heterocycles. The number of benzene rings is 3. The van der Waals surface area contributed by atoms with Crippen molar-refractivity contribution >= 4 is 10.8 Å². The zero-order valence-electron chi connectivity index (χ0n) is 10.7. The first-order chi connectivity index (χ1) is 9.28. The molecule has 19 heavy (non-hydrogen) atoms. The third kappa shape index (κ3) is 2.09. The molecule has 0 saturated heterocycles. The summed E-state index contributed by atoms with van der Waals surface area (Å²) in [5.74, 6) is 0. The molecule has 0 bridgehead atoms. The lowest BCUT2D eigenvalue weighted by molar-refractivity contribution is 1.48.